The topological polar surface area (TPSA) is 55.2 Å². The molecule has 0 aromatic heterocycles. The molecule has 0 heterocycles. The third kappa shape index (κ3) is 3.85. The highest BCUT2D eigenvalue weighted by atomic mass is 35.5. The van der Waals surface area contributed by atoms with Crippen molar-refractivity contribution in [1.82, 2.24) is 0 Å². The van der Waals surface area contributed by atoms with Crippen molar-refractivity contribution >= 4 is 23.0 Å². The van der Waals surface area contributed by atoms with Gasteiger partial charge in [-0.1, -0.05) is 37.8 Å². The zero-order valence-electron chi connectivity index (χ0n) is 11.8. The first-order valence-corrected chi connectivity index (χ1v) is 7.65. The minimum atomic E-state index is -0.368. The largest absolute Gasteiger partial charge is 0.379 e. The molecule has 0 bridgehead atoms. The van der Waals surface area contributed by atoms with Crippen molar-refractivity contribution in [2.24, 2.45) is 11.8 Å². The zero-order valence-corrected chi connectivity index (χ0v) is 12.5. The fourth-order valence-electron chi connectivity index (χ4n) is 2.91. The summed E-state index contributed by atoms with van der Waals surface area (Å²) in [4.78, 5) is 10.6. The van der Waals surface area contributed by atoms with E-state index in [1.54, 1.807) is 12.1 Å². The Bertz CT molecular complexity index is 471. The average molecular weight is 297 g/mol. The van der Waals surface area contributed by atoms with Crippen LogP contribution in [0.2, 0.25) is 5.02 Å². The van der Waals surface area contributed by atoms with Gasteiger partial charge >= 0.3 is 0 Å². The summed E-state index contributed by atoms with van der Waals surface area (Å²) < 4.78 is 0. The molecule has 110 valence electrons. The fourth-order valence-corrected chi connectivity index (χ4v) is 3.08. The van der Waals surface area contributed by atoms with Crippen molar-refractivity contribution in [3.8, 4) is 0 Å². The third-order valence-electron chi connectivity index (χ3n) is 4.28. The number of hydrogen-bond donors (Lipinski definition) is 1. The highest BCUT2D eigenvalue weighted by Gasteiger charge is 2.21. The van der Waals surface area contributed by atoms with Crippen LogP contribution in [0.5, 0.6) is 0 Å². The highest BCUT2D eigenvalue weighted by molar-refractivity contribution is 6.31. The van der Waals surface area contributed by atoms with E-state index in [0.717, 1.165) is 12.5 Å². The molecule has 1 fully saturated rings. The van der Waals surface area contributed by atoms with Gasteiger partial charge in [0.05, 0.1) is 4.92 Å². The Morgan fingerprint density at radius 1 is 1.30 bits per heavy atom. The van der Waals surface area contributed by atoms with Crippen LogP contribution in [0, 0.1) is 22.0 Å². The molecule has 1 saturated carbocycles. The van der Waals surface area contributed by atoms with Crippen LogP contribution in [-0.2, 0) is 0 Å². The smallest absolute Gasteiger partial charge is 0.292 e. The lowest BCUT2D eigenvalue weighted by atomic mass is 9.81. The summed E-state index contributed by atoms with van der Waals surface area (Å²) in [6.07, 6.45) is 6.24. The van der Waals surface area contributed by atoms with Crippen LogP contribution in [0.25, 0.3) is 0 Å². The molecule has 1 aliphatic carbocycles. The number of hydrogen-bond acceptors (Lipinski definition) is 3. The number of rotatable bonds is 5. The Balaban J connectivity index is 1.94. The molecule has 2 rings (SSSR count). The van der Waals surface area contributed by atoms with Gasteiger partial charge in [0.2, 0.25) is 0 Å². The van der Waals surface area contributed by atoms with Gasteiger partial charge in [-0.05, 0) is 36.8 Å². The summed E-state index contributed by atoms with van der Waals surface area (Å²) in [6.45, 7) is 3.04. The molecule has 0 amide bonds. The van der Waals surface area contributed by atoms with Crippen LogP contribution in [0.15, 0.2) is 18.2 Å². The Morgan fingerprint density at radius 3 is 2.55 bits per heavy atom. The lowest BCUT2D eigenvalue weighted by Gasteiger charge is -2.28. The molecule has 4 nitrogen and oxygen atoms in total. The van der Waals surface area contributed by atoms with Crippen LogP contribution in [0.1, 0.15) is 39.0 Å². The zero-order chi connectivity index (χ0) is 14.5. The van der Waals surface area contributed by atoms with Gasteiger partial charge in [-0.2, -0.15) is 0 Å². The Kier molecular flexibility index (Phi) is 5.24. The molecule has 5 heteroatoms. The number of nitrogens with one attached hydrogen (secondary N) is 1. The van der Waals surface area contributed by atoms with E-state index in [4.69, 9.17) is 11.6 Å². The predicted octanol–water partition coefficient (Wildman–Crippen LogP) is 4.88. The van der Waals surface area contributed by atoms with E-state index in [1.807, 2.05) is 0 Å². The molecule has 1 aromatic rings. The number of nitrogens with zero attached hydrogens (tertiary/aromatic N) is 1. The van der Waals surface area contributed by atoms with Gasteiger partial charge in [-0.25, -0.2) is 0 Å². The van der Waals surface area contributed by atoms with Crippen molar-refractivity contribution in [3.63, 3.8) is 0 Å². The summed E-state index contributed by atoms with van der Waals surface area (Å²) in [5, 5.41) is 14.7. The summed E-state index contributed by atoms with van der Waals surface area (Å²) in [5.41, 5.74) is 0.622. The molecule has 0 atom stereocenters. The number of nitro groups is 1. The molecule has 1 aromatic carbocycles. The monoisotopic (exact) mass is 296 g/mol. The molecular formula is C15H21ClN2O2. The maximum absolute atomic E-state index is 11.0. The second-order valence-electron chi connectivity index (χ2n) is 5.59. The average Bonchev–Trinajstić information content (AvgIpc) is 2.45. The van der Waals surface area contributed by atoms with E-state index < -0.39 is 0 Å². The Morgan fingerprint density at radius 2 is 1.95 bits per heavy atom. The number of benzene rings is 1. The van der Waals surface area contributed by atoms with Gasteiger partial charge in [-0.15, -0.1) is 0 Å². The van der Waals surface area contributed by atoms with Crippen LogP contribution >= 0.6 is 11.6 Å². The Labute approximate surface area is 124 Å². The lowest BCUT2D eigenvalue weighted by Crippen LogP contribution is -2.21. The third-order valence-corrected chi connectivity index (χ3v) is 4.52. The molecule has 1 N–H and O–H groups in total. The normalized spacial score (nSPS) is 22.5. The summed E-state index contributed by atoms with van der Waals surface area (Å²) in [6, 6.07) is 4.65. The second kappa shape index (κ2) is 6.93. The van der Waals surface area contributed by atoms with Crippen LogP contribution in [-0.4, -0.2) is 11.5 Å². The van der Waals surface area contributed by atoms with E-state index in [0.29, 0.717) is 16.6 Å². The first-order chi connectivity index (χ1) is 9.60. The molecule has 0 unspecified atom stereocenters. The van der Waals surface area contributed by atoms with Crippen molar-refractivity contribution in [2.45, 2.75) is 39.0 Å². The SMILES string of the molecule is CCC1CCC(CNc2cc(Cl)ccc2[N+](=O)[O-])CC1. The molecule has 20 heavy (non-hydrogen) atoms. The quantitative estimate of drug-likeness (QED) is 0.622. The summed E-state index contributed by atoms with van der Waals surface area (Å²) in [5.74, 6) is 1.48. The van der Waals surface area contributed by atoms with Gasteiger partial charge in [0.1, 0.15) is 5.69 Å². The van der Waals surface area contributed by atoms with Crippen molar-refractivity contribution in [2.75, 3.05) is 11.9 Å². The van der Waals surface area contributed by atoms with Crippen LogP contribution in [0.3, 0.4) is 0 Å². The van der Waals surface area contributed by atoms with E-state index in [1.165, 1.54) is 38.2 Å². The maximum Gasteiger partial charge on any atom is 0.292 e. The van der Waals surface area contributed by atoms with Crippen molar-refractivity contribution < 1.29 is 4.92 Å². The fraction of sp³-hybridized carbons (Fsp3) is 0.600. The number of anilines is 1. The van der Waals surface area contributed by atoms with Gasteiger partial charge in [0.25, 0.3) is 5.69 Å². The maximum atomic E-state index is 11.0. The summed E-state index contributed by atoms with van der Waals surface area (Å²) >= 11 is 5.92. The van der Waals surface area contributed by atoms with E-state index in [2.05, 4.69) is 12.2 Å². The predicted molar refractivity (Wildman–Crippen MR) is 82.3 cm³/mol. The molecule has 0 aliphatic heterocycles. The highest BCUT2D eigenvalue weighted by Crippen LogP contribution is 2.32. The number of halogens is 1. The van der Waals surface area contributed by atoms with Gasteiger partial charge in [0.15, 0.2) is 0 Å². The van der Waals surface area contributed by atoms with Gasteiger partial charge < -0.3 is 5.32 Å². The molecule has 1 aliphatic rings. The first-order valence-electron chi connectivity index (χ1n) is 7.28. The molecular weight excluding hydrogens is 276 g/mol. The lowest BCUT2D eigenvalue weighted by molar-refractivity contribution is -0.384. The Hall–Kier alpha value is -1.29. The van der Waals surface area contributed by atoms with Crippen LogP contribution < -0.4 is 5.32 Å². The standard InChI is InChI=1S/C15H21ClN2O2/c1-2-11-3-5-12(6-4-11)10-17-14-9-13(16)7-8-15(14)18(19)20/h7-9,11-12,17H,2-6,10H2,1H3. The van der Waals surface area contributed by atoms with E-state index >= 15 is 0 Å². The van der Waals surface area contributed by atoms with Crippen molar-refractivity contribution in [3.05, 3.63) is 33.3 Å². The minimum Gasteiger partial charge on any atom is -0.379 e. The van der Waals surface area contributed by atoms with E-state index in [-0.39, 0.29) is 10.6 Å². The van der Waals surface area contributed by atoms with Crippen LogP contribution in [0.4, 0.5) is 11.4 Å². The summed E-state index contributed by atoms with van der Waals surface area (Å²) in [7, 11) is 0. The number of nitro benzene ring substituents is 1. The van der Waals surface area contributed by atoms with Gasteiger partial charge in [0, 0.05) is 17.6 Å². The second-order valence-corrected chi connectivity index (χ2v) is 6.03. The molecule has 0 radical (unpaired) electrons. The van der Waals surface area contributed by atoms with Crippen molar-refractivity contribution in [1.29, 1.82) is 0 Å². The molecule has 0 saturated heterocycles. The molecule has 0 spiro atoms. The minimum absolute atomic E-state index is 0.0941. The van der Waals surface area contributed by atoms with Gasteiger partial charge in [-0.3, -0.25) is 10.1 Å². The van der Waals surface area contributed by atoms with E-state index in [9.17, 15) is 10.1 Å². The first kappa shape index (κ1) is 15.1.